The molecule has 2 atom stereocenters. The Balaban J connectivity index is 1.72. The second-order valence-electron chi connectivity index (χ2n) is 5.62. The van der Waals surface area contributed by atoms with Gasteiger partial charge in [0.05, 0.1) is 24.9 Å². The maximum absolute atomic E-state index is 11.4. The van der Waals surface area contributed by atoms with E-state index < -0.39 is 0 Å². The molecule has 1 aliphatic heterocycles. The van der Waals surface area contributed by atoms with Crippen LogP contribution in [0, 0.1) is 5.92 Å². The van der Waals surface area contributed by atoms with Crippen LogP contribution in [0.2, 0.25) is 0 Å². The predicted molar refractivity (Wildman–Crippen MR) is 74.8 cm³/mol. The number of methoxy groups -OCH3 is 1. The highest BCUT2D eigenvalue weighted by molar-refractivity contribution is 5.89. The van der Waals surface area contributed by atoms with Gasteiger partial charge in [0, 0.05) is 19.3 Å². The molecule has 0 bridgehead atoms. The minimum absolute atomic E-state index is 0.219. The Morgan fingerprint density at radius 1 is 1.40 bits per heavy atom. The van der Waals surface area contributed by atoms with Gasteiger partial charge in [-0.1, -0.05) is 0 Å². The van der Waals surface area contributed by atoms with E-state index >= 15 is 0 Å². The number of anilines is 1. The molecule has 0 aromatic carbocycles. The quantitative estimate of drug-likeness (QED) is 0.789. The minimum atomic E-state index is -0.352. The van der Waals surface area contributed by atoms with Gasteiger partial charge in [-0.15, -0.1) is 0 Å². The lowest BCUT2D eigenvalue weighted by Gasteiger charge is -2.37. The molecular formula is C15H20N2O3. The number of ether oxygens (including phenoxy) is 2. The summed E-state index contributed by atoms with van der Waals surface area (Å²) in [5.41, 5.74) is 0.483. The van der Waals surface area contributed by atoms with E-state index in [-0.39, 0.29) is 12.1 Å². The minimum Gasteiger partial charge on any atom is -0.465 e. The fraction of sp³-hybridized carbons (Fsp3) is 0.600. The van der Waals surface area contributed by atoms with Gasteiger partial charge >= 0.3 is 5.97 Å². The summed E-state index contributed by atoms with van der Waals surface area (Å²) in [6.07, 6.45) is 4.67. The monoisotopic (exact) mass is 276 g/mol. The third-order valence-electron chi connectivity index (χ3n) is 3.93. The molecule has 1 aromatic heterocycles. The lowest BCUT2D eigenvalue weighted by Crippen LogP contribution is -2.47. The first-order chi connectivity index (χ1) is 9.67. The molecule has 0 radical (unpaired) electrons. The van der Waals surface area contributed by atoms with E-state index in [1.807, 2.05) is 6.07 Å². The largest absolute Gasteiger partial charge is 0.465 e. The summed E-state index contributed by atoms with van der Waals surface area (Å²) < 4.78 is 10.7. The number of aromatic nitrogens is 1. The van der Waals surface area contributed by atoms with Gasteiger partial charge in [-0.25, -0.2) is 9.78 Å². The van der Waals surface area contributed by atoms with Crippen molar-refractivity contribution >= 4 is 11.8 Å². The summed E-state index contributed by atoms with van der Waals surface area (Å²) >= 11 is 0. The van der Waals surface area contributed by atoms with Crippen LogP contribution in [0.4, 0.5) is 5.82 Å². The molecule has 1 aliphatic carbocycles. The van der Waals surface area contributed by atoms with E-state index in [0.29, 0.717) is 11.7 Å². The van der Waals surface area contributed by atoms with Crippen LogP contribution in [0.1, 0.15) is 30.1 Å². The lowest BCUT2D eigenvalue weighted by molar-refractivity contribution is -0.0273. The highest BCUT2D eigenvalue weighted by Gasteiger charge is 2.37. The Hall–Kier alpha value is -1.62. The van der Waals surface area contributed by atoms with Crippen LogP contribution in [0.3, 0.4) is 0 Å². The van der Waals surface area contributed by atoms with Gasteiger partial charge in [-0.2, -0.15) is 0 Å². The smallest absolute Gasteiger partial charge is 0.339 e. The number of hydrogen-bond acceptors (Lipinski definition) is 5. The van der Waals surface area contributed by atoms with Gasteiger partial charge in [-0.05, 0) is 37.8 Å². The number of esters is 1. The Morgan fingerprint density at radius 2 is 2.20 bits per heavy atom. The molecule has 5 heteroatoms. The fourth-order valence-corrected chi connectivity index (χ4v) is 2.71. The second kappa shape index (κ2) is 5.40. The first-order valence-electron chi connectivity index (χ1n) is 7.12. The zero-order chi connectivity index (χ0) is 14.1. The van der Waals surface area contributed by atoms with Crippen LogP contribution >= 0.6 is 0 Å². The van der Waals surface area contributed by atoms with E-state index in [2.05, 4.69) is 21.5 Å². The summed E-state index contributed by atoms with van der Waals surface area (Å²) in [7, 11) is 1.38. The van der Waals surface area contributed by atoms with E-state index in [1.54, 1.807) is 12.3 Å². The molecule has 20 heavy (non-hydrogen) atoms. The zero-order valence-corrected chi connectivity index (χ0v) is 11.9. The van der Waals surface area contributed by atoms with Crippen LogP contribution in [0.25, 0.3) is 0 Å². The topological polar surface area (TPSA) is 51.7 Å². The Kier molecular flexibility index (Phi) is 3.61. The Bertz CT molecular complexity index is 484. The summed E-state index contributed by atoms with van der Waals surface area (Å²) in [6.45, 7) is 3.83. The van der Waals surface area contributed by atoms with Crippen molar-refractivity contribution in [3.8, 4) is 0 Å². The number of pyridine rings is 1. The number of hydrogen-bond donors (Lipinski definition) is 0. The van der Waals surface area contributed by atoms with Gasteiger partial charge in [0.2, 0.25) is 0 Å². The predicted octanol–water partition coefficient (Wildman–Crippen LogP) is 1.87. The van der Waals surface area contributed by atoms with Crippen molar-refractivity contribution in [3.05, 3.63) is 23.9 Å². The number of rotatable bonds is 3. The highest BCUT2D eigenvalue weighted by atomic mass is 16.5. The van der Waals surface area contributed by atoms with Crippen molar-refractivity contribution < 1.29 is 14.3 Å². The lowest BCUT2D eigenvalue weighted by atomic mass is 10.1. The first-order valence-corrected chi connectivity index (χ1v) is 7.12. The SMILES string of the molecule is COC(=O)c1ccc(N2C[C@@H](C)O[C@@H](C3CC3)C2)nc1. The van der Waals surface area contributed by atoms with Gasteiger partial charge in [0.1, 0.15) is 5.82 Å². The number of carbonyl (C=O) groups is 1. The third-order valence-corrected chi connectivity index (χ3v) is 3.93. The van der Waals surface area contributed by atoms with E-state index in [4.69, 9.17) is 4.74 Å². The average Bonchev–Trinajstić information content (AvgIpc) is 3.30. The molecule has 2 heterocycles. The van der Waals surface area contributed by atoms with Gasteiger partial charge in [0.25, 0.3) is 0 Å². The van der Waals surface area contributed by atoms with Crippen molar-refractivity contribution in [2.75, 3.05) is 25.1 Å². The molecular weight excluding hydrogens is 256 g/mol. The number of nitrogens with zero attached hydrogens (tertiary/aromatic N) is 2. The number of carbonyl (C=O) groups excluding carboxylic acids is 1. The van der Waals surface area contributed by atoms with Gasteiger partial charge < -0.3 is 14.4 Å². The maximum atomic E-state index is 11.4. The first kappa shape index (κ1) is 13.4. The van der Waals surface area contributed by atoms with E-state index in [1.165, 1.54) is 20.0 Å². The summed E-state index contributed by atoms with van der Waals surface area (Å²) in [5.74, 6) is 1.27. The second-order valence-corrected chi connectivity index (χ2v) is 5.62. The van der Waals surface area contributed by atoms with Crippen LogP contribution in [-0.4, -0.2) is 43.4 Å². The molecule has 0 spiro atoms. The van der Waals surface area contributed by atoms with Crippen molar-refractivity contribution in [3.63, 3.8) is 0 Å². The summed E-state index contributed by atoms with van der Waals surface area (Å²) in [6, 6.07) is 3.65. The third kappa shape index (κ3) is 2.77. The molecule has 108 valence electrons. The Labute approximate surface area is 118 Å². The molecule has 3 rings (SSSR count). The van der Waals surface area contributed by atoms with Crippen molar-refractivity contribution in [1.29, 1.82) is 0 Å². The molecule has 0 unspecified atom stereocenters. The van der Waals surface area contributed by atoms with Crippen LogP contribution in [-0.2, 0) is 9.47 Å². The van der Waals surface area contributed by atoms with Crippen LogP contribution in [0.5, 0.6) is 0 Å². The summed E-state index contributed by atoms with van der Waals surface area (Å²) in [5, 5.41) is 0. The molecule has 0 N–H and O–H groups in total. The Morgan fingerprint density at radius 3 is 2.80 bits per heavy atom. The fourth-order valence-electron chi connectivity index (χ4n) is 2.71. The maximum Gasteiger partial charge on any atom is 0.339 e. The normalized spacial score (nSPS) is 26.4. The number of morpholine rings is 1. The standard InChI is InChI=1S/C15H20N2O3/c1-10-8-17(9-13(20-10)11-3-4-11)14-6-5-12(7-16-14)15(18)19-2/h5-7,10-11,13H,3-4,8-9H2,1-2H3/t10-,13-/m1/s1. The van der Waals surface area contributed by atoms with Gasteiger partial charge in [0.15, 0.2) is 0 Å². The molecule has 1 aromatic rings. The molecule has 1 saturated heterocycles. The van der Waals surface area contributed by atoms with E-state index in [9.17, 15) is 4.79 Å². The zero-order valence-electron chi connectivity index (χ0n) is 11.9. The highest BCUT2D eigenvalue weighted by Crippen LogP contribution is 2.37. The van der Waals surface area contributed by atoms with Crippen LogP contribution < -0.4 is 4.90 Å². The van der Waals surface area contributed by atoms with Crippen molar-refractivity contribution in [1.82, 2.24) is 4.98 Å². The molecule has 1 saturated carbocycles. The van der Waals surface area contributed by atoms with Crippen molar-refractivity contribution in [2.24, 2.45) is 5.92 Å². The molecule has 5 nitrogen and oxygen atoms in total. The average molecular weight is 276 g/mol. The van der Waals surface area contributed by atoms with Crippen molar-refractivity contribution in [2.45, 2.75) is 32.0 Å². The van der Waals surface area contributed by atoms with Gasteiger partial charge in [-0.3, -0.25) is 0 Å². The van der Waals surface area contributed by atoms with Crippen LogP contribution in [0.15, 0.2) is 18.3 Å². The summed E-state index contributed by atoms with van der Waals surface area (Å²) in [4.78, 5) is 18.0. The molecule has 2 fully saturated rings. The molecule has 0 amide bonds. The molecule has 2 aliphatic rings. The van der Waals surface area contributed by atoms with E-state index in [0.717, 1.165) is 24.8 Å².